The minimum Gasteiger partial charge on any atom is -0.354 e. The van der Waals surface area contributed by atoms with Gasteiger partial charge in [0.05, 0.1) is 5.88 Å². The van der Waals surface area contributed by atoms with Crippen molar-refractivity contribution < 1.29 is 9.59 Å². The van der Waals surface area contributed by atoms with Crippen LogP contribution in [0.1, 0.15) is 32.3 Å². The molecule has 1 aromatic heterocycles. The SMILES string of the molecule is CC(C)CCNC(=O)C1CSCN1C(=O)CCc1cccnc1. The molecular formula is C17H25N3O2S. The van der Waals surface area contributed by atoms with E-state index in [2.05, 4.69) is 24.1 Å². The quantitative estimate of drug-likeness (QED) is 0.829. The largest absolute Gasteiger partial charge is 0.354 e. The van der Waals surface area contributed by atoms with Crippen LogP contribution in [-0.4, -0.2) is 45.9 Å². The lowest BCUT2D eigenvalue weighted by Crippen LogP contribution is -2.47. The molecule has 0 radical (unpaired) electrons. The Balaban J connectivity index is 1.82. The molecule has 0 spiro atoms. The van der Waals surface area contributed by atoms with E-state index in [1.807, 2.05) is 12.1 Å². The Bertz CT molecular complexity index is 522. The molecule has 0 aromatic carbocycles. The number of thioether (sulfide) groups is 1. The predicted octanol–water partition coefficient (Wildman–Crippen LogP) is 2.08. The summed E-state index contributed by atoms with van der Waals surface area (Å²) in [5, 5.41) is 2.96. The third-order valence-electron chi connectivity index (χ3n) is 3.88. The fourth-order valence-electron chi connectivity index (χ4n) is 2.45. The molecule has 6 heteroatoms. The highest BCUT2D eigenvalue weighted by molar-refractivity contribution is 7.99. The summed E-state index contributed by atoms with van der Waals surface area (Å²) in [6, 6.07) is 3.51. The van der Waals surface area contributed by atoms with Crippen LogP contribution in [0.15, 0.2) is 24.5 Å². The molecule has 1 N–H and O–H groups in total. The summed E-state index contributed by atoms with van der Waals surface area (Å²) in [5.41, 5.74) is 1.05. The number of hydrogen-bond acceptors (Lipinski definition) is 4. The van der Waals surface area contributed by atoms with Crippen LogP contribution in [0.5, 0.6) is 0 Å². The lowest BCUT2D eigenvalue weighted by Gasteiger charge is -2.23. The minimum atomic E-state index is -0.325. The summed E-state index contributed by atoms with van der Waals surface area (Å²) in [6.07, 6.45) is 5.54. The highest BCUT2D eigenvalue weighted by atomic mass is 32.2. The third kappa shape index (κ3) is 5.53. The Morgan fingerprint density at radius 1 is 1.48 bits per heavy atom. The van der Waals surface area contributed by atoms with E-state index >= 15 is 0 Å². The highest BCUT2D eigenvalue weighted by Gasteiger charge is 2.34. The van der Waals surface area contributed by atoms with Crippen molar-refractivity contribution in [3.05, 3.63) is 30.1 Å². The lowest BCUT2D eigenvalue weighted by atomic mass is 10.1. The fourth-order valence-corrected chi connectivity index (χ4v) is 3.63. The van der Waals surface area contributed by atoms with Crippen LogP contribution in [-0.2, 0) is 16.0 Å². The van der Waals surface area contributed by atoms with Gasteiger partial charge in [0, 0.05) is 31.1 Å². The summed E-state index contributed by atoms with van der Waals surface area (Å²) in [6.45, 7) is 4.94. The van der Waals surface area contributed by atoms with E-state index < -0.39 is 0 Å². The molecule has 0 aliphatic carbocycles. The van der Waals surface area contributed by atoms with Crippen LogP contribution >= 0.6 is 11.8 Å². The summed E-state index contributed by atoms with van der Waals surface area (Å²) in [5.74, 6) is 1.87. The standard InChI is InChI=1S/C17H25N3O2S/c1-13(2)7-9-19-17(22)15-11-23-12-20(15)16(21)6-5-14-4-3-8-18-10-14/h3-4,8,10,13,15H,5-7,9,11-12H2,1-2H3,(H,19,22). The molecule has 1 atom stereocenters. The third-order valence-corrected chi connectivity index (χ3v) is 4.89. The number of carbonyl (C=O) groups excluding carboxylic acids is 2. The maximum atomic E-state index is 12.4. The Morgan fingerprint density at radius 3 is 3.00 bits per heavy atom. The average molecular weight is 335 g/mol. The maximum Gasteiger partial charge on any atom is 0.243 e. The van der Waals surface area contributed by atoms with E-state index in [1.54, 1.807) is 29.1 Å². The Labute approximate surface area is 142 Å². The van der Waals surface area contributed by atoms with E-state index in [0.717, 1.165) is 12.0 Å². The smallest absolute Gasteiger partial charge is 0.243 e. The van der Waals surface area contributed by atoms with E-state index in [4.69, 9.17) is 0 Å². The minimum absolute atomic E-state index is 0.0228. The van der Waals surface area contributed by atoms with Crippen molar-refractivity contribution >= 4 is 23.6 Å². The second kappa shape index (κ2) is 8.91. The number of nitrogens with zero attached hydrogens (tertiary/aromatic N) is 2. The number of rotatable bonds is 7. The molecule has 1 aliphatic rings. The first kappa shape index (κ1) is 17.8. The van der Waals surface area contributed by atoms with Gasteiger partial charge in [0.2, 0.25) is 11.8 Å². The van der Waals surface area contributed by atoms with Crippen LogP contribution < -0.4 is 5.32 Å². The molecule has 1 saturated heterocycles. The van der Waals surface area contributed by atoms with Crippen molar-refractivity contribution in [1.82, 2.24) is 15.2 Å². The highest BCUT2D eigenvalue weighted by Crippen LogP contribution is 2.22. The number of aryl methyl sites for hydroxylation is 1. The van der Waals surface area contributed by atoms with Crippen LogP contribution in [0.2, 0.25) is 0 Å². The summed E-state index contributed by atoms with van der Waals surface area (Å²) in [4.78, 5) is 30.5. The van der Waals surface area contributed by atoms with Crippen molar-refractivity contribution in [2.75, 3.05) is 18.2 Å². The average Bonchev–Trinajstić information content (AvgIpc) is 3.03. The number of aromatic nitrogens is 1. The molecule has 2 amide bonds. The Hall–Kier alpha value is -1.56. The number of amides is 2. The van der Waals surface area contributed by atoms with E-state index in [1.165, 1.54) is 0 Å². The molecule has 1 aliphatic heterocycles. The monoisotopic (exact) mass is 335 g/mol. The molecule has 0 bridgehead atoms. The van der Waals surface area contributed by atoms with E-state index in [-0.39, 0.29) is 17.9 Å². The van der Waals surface area contributed by atoms with Crippen molar-refractivity contribution in [2.24, 2.45) is 5.92 Å². The van der Waals surface area contributed by atoms with E-state index in [9.17, 15) is 9.59 Å². The van der Waals surface area contributed by atoms with Crippen molar-refractivity contribution in [1.29, 1.82) is 0 Å². The number of hydrogen-bond donors (Lipinski definition) is 1. The summed E-state index contributed by atoms with van der Waals surface area (Å²) < 4.78 is 0. The first-order chi connectivity index (χ1) is 11.1. The Morgan fingerprint density at radius 2 is 2.30 bits per heavy atom. The first-order valence-corrected chi connectivity index (χ1v) is 9.27. The molecule has 2 heterocycles. The molecule has 1 unspecified atom stereocenters. The van der Waals surface area contributed by atoms with Gasteiger partial charge in [-0.3, -0.25) is 14.6 Å². The van der Waals surface area contributed by atoms with Gasteiger partial charge in [-0.15, -0.1) is 11.8 Å². The molecule has 126 valence electrons. The van der Waals surface area contributed by atoms with Gasteiger partial charge in [-0.2, -0.15) is 0 Å². The zero-order valence-electron chi connectivity index (χ0n) is 13.8. The molecule has 0 saturated carbocycles. The van der Waals surface area contributed by atoms with Gasteiger partial charge in [-0.05, 0) is 30.4 Å². The second-order valence-corrected chi connectivity index (χ2v) is 7.21. The summed E-state index contributed by atoms with van der Waals surface area (Å²) in [7, 11) is 0. The van der Waals surface area contributed by atoms with Crippen molar-refractivity contribution in [2.45, 2.75) is 39.2 Å². The van der Waals surface area contributed by atoms with Gasteiger partial charge < -0.3 is 10.2 Å². The van der Waals surface area contributed by atoms with Crippen molar-refractivity contribution in [3.63, 3.8) is 0 Å². The lowest BCUT2D eigenvalue weighted by molar-refractivity contribution is -0.138. The summed E-state index contributed by atoms with van der Waals surface area (Å²) >= 11 is 1.64. The molecule has 23 heavy (non-hydrogen) atoms. The van der Waals surface area contributed by atoms with Crippen LogP contribution in [0.4, 0.5) is 0 Å². The second-order valence-electron chi connectivity index (χ2n) is 6.21. The molecule has 1 fully saturated rings. The molecule has 1 aromatic rings. The van der Waals surface area contributed by atoms with Gasteiger partial charge in [0.25, 0.3) is 0 Å². The number of pyridine rings is 1. The van der Waals surface area contributed by atoms with Gasteiger partial charge in [-0.1, -0.05) is 19.9 Å². The number of carbonyl (C=O) groups is 2. The fraction of sp³-hybridized carbons (Fsp3) is 0.588. The van der Waals surface area contributed by atoms with Gasteiger partial charge in [0.1, 0.15) is 6.04 Å². The first-order valence-electron chi connectivity index (χ1n) is 8.11. The van der Waals surface area contributed by atoms with E-state index in [0.29, 0.717) is 36.9 Å². The normalized spacial score (nSPS) is 17.5. The maximum absolute atomic E-state index is 12.4. The van der Waals surface area contributed by atoms with Gasteiger partial charge >= 0.3 is 0 Å². The van der Waals surface area contributed by atoms with Crippen LogP contribution in [0, 0.1) is 5.92 Å². The van der Waals surface area contributed by atoms with Crippen LogP contribution in [0.25, 0.3) is 0 Å². The Kier molecular flexibility index (Phi) is 6.89. The zero-order chi connectivity index (χ0) is 16.7. The topological polar surface area (TPSA) is 62.3 Å². The van der Waals surface area contributed by atoms with Crippen molar-refractivity contribution in [3.8, 4) is 0 Å². The number of nitrogens with one attached hydrogen (secondary N) is 1. The molecular weight excluding hydrogens is 310 g/mol. The molecule has 2 rings (SSSR count). The van der Waals surface area contributed by atoms with Gasteiger partial charge in [-0.25, -0.2) is 0 Å². The zero-order valence-corrected chi connectivity index (χ0v) is 14.6. The van der Waals surface area contributed by atoms with Gasteiger partial charge in [0.15, 0.2) is 0 Å². The predicted molar refractivity (Wildman–Crippen MR) is 93.0 cm³/mol. The van der Waals surface area contributed by atoms with Crippen LogP contribution in [0.3, 0.4) is 0 Å². The molecule has 5 nitrogen and oxygen atoms in total.